The third-order valence-electron chi connectivity index (χ3n) is 9.78. The minimum Gasteiger partial charge on any atom is -0.474 e. The van der Waals surface area contributed by atoms with Crippen molar-refractivity contribution >= 4 is 38.8 Å². The van der Waals surface area contributed by atoms with Crippen LogP contribution in [0.5, 0.6) is 5.75 Å². The van der Waals surface area contributed by atoms with Crippen molar-refractivity contribution in [3.05, 3.63) is 81.3 Å². The maximum absolute atomic E-state index is 14.9. The number of Topliss-reactive ketones (excluding diaryl/α,β-unsaturated/α-hetero) is 1. The van der Waals surface area contributed by atoms with Gasteiger partial charge in [0.1, 0.15) is 17.3 Å². The van der Waals surface area contributed by atoms with Gasteiger partial charge in [-0.15, -0.1) is 11.3 Å². The summed E-state index contributed by atoms with van der Waals surface area (Å²) in [6.45, 7) is 4.78. The van der Waals surface area contributed by atoms with Gasteiger partial charge < -0.3 is 14.5 Å². The Bertz CT molecular complexity index is 1840. The van der Waals surface area contributed by atoms with Crippen molar-refractivity contribution in [1.29, 1.82) is 0 Å². The molecule has 2 fully saturated rings. The van der Waals surface area contributed by atoms with Gasteiger partial charge >= 0.3 is 6.18 Å². The lowest BCUT2D eigenvalue weighted by Crippen LogP contribution is -2.68. The maximum Gasteiger partial charge on any atom is 0.417 e. The summed E-state index contributed by atoms with van der Waals surface area (Å²) in [7, 11) is -3.41. The number of ketones is 1. The summed E-state index contributed by atoms with van der Waals surface area (Å²) in [5.41, 5.74) is -1.13. The summed E-state index contributed by atoms with van der Waals surface area (Å²) < 4.78 is 72.0. The predicted octanol–water partition coefficient (Wildman–Crippen LogP) is 6.65. The Kier molecular flexibility index (Phi) is 12.0. The number of alkyl halides is 3. The minimum atomic E-state index is -4.77. The van der Waals surface area contributed by atoms with Crippen molar-refractivity contribution in [3.8, 4) is 5.75 Å². The van der Waals surface area contributed by atoms with Crippen LogP contribution >= 0.6 is 11.3 Å². The zero-order valence-corrected chi connectivity index (χ0v) is 30.7. The number of benzene rings is 1. The number of rotatable bonds is 12. The molecule has 2 atom stereocenters. The smallest absolute Gasteiger partial charge is 0.417 e. The number of pyridine rings is 1. The summed E-state index contributed by atoms with van der Waals surface area (Å²) >= 11 is 1.46. The molecule has 2 saturated heterocycles. The number of halogens is 3. The lowest BCUT2D eigenvalue weighted by molar-refractivity contribution is -0.160. The molecule has 276 valence electrons. The molecule has 2 aromatic heterocycles. The second-order valence-electron chi connectivity index (χ2n) is 13.6. The maximum atomic E-state index is 14.9. The molecule has 2 aliphatic rings. The van der Waals surface area contributed by atoms with Crippen LogP contribution in [-0.4, -0.2) is 84.1 Å². The van der Waals surface area contributed by atoms with E-state index in [2.05, 4.69) is 4.98 Å². The lowest BCUT2D eigenvalue weighted by atomic mass is 9.78. The molecule has 4 heterocycles. The second kappa shape index (κ2) is 15.9. The quantitative estimate of drug-likeness (QED) is 0.204. The average Bonchev–Trinajstić information content (AvgIpc) is 3.50. The topological polar surface area (TPSA) is 114 Å². The molecule has 2 aliphatic heterocycles. The van der Waals surface area contributed by atoms with Crippen LogP contribution in [-0.2, 0) is 32.0 Å². The fourth-order valence-electron chi connectivity index (χ4n) is 7.51. The van der Waals surface area contributed by atoms with Gasteiger partial charge in [-0.25, -0.2) is 8.42 Å². The summed E-state index contributed by atoms with van der Waals surface area (Å²) in [6, 6.07) is 9.57. The van der Waals surface area contributed by atoms with E-state index >= 15 is 0 Å². The van der Waals surface area contributed by atoms with Gasteiger partial charge in [0.05, 0.1) is 17.2 Å². The molecule has 3 aromatic rings. The van der Waals surface area contributed by atoms with E-state index in [1.54, 1.807) is 10.3 Å². The number of ether oxygens (including phenoxy) is 1. The van der Waals surface area contributed by atoms with E-state index in [0.29, 0.717) is 63.8 Å². The Balaban J connectivity index is 1.41. The number of nitrogens with zero attached hydrogens (tertiary/aromatic N) is 3. The summed E-state index contributed by atoms with van der Waals surface area (Å²) in [5, 5.41) is 1.81. The van der Waals surface area contributed by atoms with Crippen LogP contribution in [0, 0.1) is 6.92 Å². The number of carbonyl (C=O) groups excluding carboxylic acids is 3. The Morgan fingerprint density at radius 3 is 2.47 bits per heavy atom. The number of thiophene rings is 1. The van der Waals surface area contributed by atoms with Crippen molar-refractivity contribution in [3.63, 3.8) is 0 Å². The Morgan fingerprint density at radius 1 is 1.10 bits per heavy atom. The molecule has 0 saturated carbocycles. The Labute approximate surface area is 301 Å². The monoisotopic (exact) mass is 747 g/mol. The zero-order valence-electron chi connectivity index (χ0n) is 29.1. The van der Waals surface area contributed by atoms with Gasteiger partial charge in [0.25, 0.3) is 11.8 Å². The third-order valence-corrected chi connectivity index (χ3v) is 11.5. The Hall–Kier alpha value is -3.78. The molecular weight excluding hydrogens is 704 g/mol. The highest BCUT2D eigenvalue weighted by Crippen LogP contribution is 2.41. The predicted molar refractivity (Wildman–Crippen MR) is 189 cm³/mol. The number of hydrogen-bond donors (Lipinski definition) is 0. The number of piperidine rings is 2. The molecule has 0 radical (unpaired) electrons. The average molecular weight is 748 g/mol. The molecule has 5 rings (SSSR count). The fraction of sp³-hybridized carbons (Fsp3) is 0.514. The number of aromatic nitrogens is 1. The molecule has 0 unspecified atom stereocenters. The van der Waals surface area contributed by atoms with Crippen molar-refractivity contribution in [2.24, 2.45) is 0 Å². The van der Waals surface area contributed by atoms with Gasteiger partial charge in [-0.05, 0) is 68.2 Å². The normalized spacial score (nSPS) is 20.3. The highest BCUT2D eigenvalue weighted by molar-refractivity contribution is 7.91. The van der Waals surface area contributed by atoms with Crippen LogP contribution in [0.3, 0.4) is 0 Å². The number of likely N-dealkylation sites (tertiary alicyclic amines) is 2. The van der Waals surface area contributed by atoms with E-state index in [-0.39, 0.29) is 30.6 Å². The molecule has 0 N–H and O–H groups in total. The number of aryl methyl sites for hydroxylation is 2. The summed E-state index contributed by atoms with van der Waals surface area (Å²) in [5.74, 6) is -1.37. The van der Waals surface area contributed by atoms with Crippen LogP contribution in [0.2, 0.25) is 0 Å². The molecule has 9 nitrogen and oxygen atoms in total. The van der Waals surface area contributed by atoms with E-state index in [4.69, 9.17) is 4.74 Å². The molecule has 1 aromatic carbocycles. The second-order valence-corrected chi connectivity index (χ2v) is 16.8. The van der Waals surface area contributed by atoms with Crippen molar-refractivity contribution in [1.82, 2.24) is 14.8 Å². The van der Waals surface area contributed by atoms with Gasteiger partial charge in [-0.3, -0.25) is 19.4 Å². The number of amides is 2. The van der Waals surface area contributed by atoms with Gasteiger partial charge in [-0.2, -0.15) is 13.2 Å². The zero-order chi connectivity index (χ0) is 37.0. The van der Waals surface area contributed by atoms with Crippen LogP contribution in [0.4, 0.5) is 13.2 Å². The first kappa shape index (κ1) is 38.5. The number of carbonyl (C=O) groups is 3. The fourth-order valence-corrected chi connectivity index (χ4v) is 8.85. The number of sulfone groups is 1. The highest BCUT2D eigenvalue weighted by atomic mass is 32.2. The Morgan fingerprint density at radius 2 is 1.82 bits per heavy atom. The van der Waals surface area contributed by atoms with E-state index in [1.807, 2.05) is 44.2 Å². The molecule has 0 aliphatic carbocycles. The van der Waals surface area contributed by atoms with E-state index < -0.39 is 50.4 Å². The molecule has 0 bridgehead atoms. The van der Waals surface area contributed by atoms with Gasteiger partial charge in [0.15, 0.2) is 9.84 Å². The van der Waals surface area contributed by atoms with Crippen LogP contribution in [0.1, 0.15) is 89.7 Å². The van der Waals surface area contributed by atoms with Gasteiger partial charge in [0, 0.05) is 61.4 Å². The lowest BCUT2D eigenvalue weighted by Gasteiger charge is -2.50. The van der Waals surface area contributed by atoms with E-state index in [1.165, 1.54) is 16.2 Å². The molecule has 51 heavy (non-hydrogen) atoms. The van der Waals surface area contributed by atoms with E-state index in [9.17, 15) is 36.0 Å². The molecule has 0 spiro atoms. The summed E-state index contributed by atoms with van der Waals surface area (Å²) in [6.07, 6.45) is 1.54. The SMILES string of the molecule is CCC[C@H]1N(C(=O)c2cnccc2C(F)(F)F)CCC[C@@]1(Oc1csc(C)c1)C(=O)N1CCC(c2ccccc2CCC(=O)CS(C)(=O)=O)CC1. The van der Waals surface area contributed by atoms with E-state index in [0.717, 1.165) is 40.7 Å². The highest BCUT2D eigenvalue weighted by Gasteiger charge is 2.56. The number of hydrogen-bond acceptors (Lipinski definition) is 8. The largest absolute Gasteiger partial charge is 0.474 e. The summed E-state index contributed by atoms with van der Waals surface area (Å²) in [4.78, 5) is 49.2. The van der Waals surface area contributed by atoms with Crippen molar-refractivity contribution in [2.75, 3.05) is 31.6 Å². The minimum absolute atomic E-state index is 0.0916. The first-order valence-electron chi connectivity index (χ1n) is 17.3. The molecule has 14 heteroatoms. The van der Waals surface area contributed by atoms with Crippen molar-refractivity contribution < 1.29 is 40.7 Å². The van der Waals surface area contributed by atoms with Crippen LogP contribution in [0.15, 0.2) is 54.2 Å². The van der Waals surface area contributed by atoms with Crippen LogP contribution < -0.4 is 4.74 Å². The molecular formula is C37H44F3N3O6S2. The van der Waals surface area contributed by atoms with Gasteiger partial charge in [0.2, 0.25) is 5.60 Å². The van der Waals surface area contributed by atoms with Crippen molar-refractivity contribution in [2.45, 2.75) is 89.0 Å². The third kappa shape index (κ3) is 9.00. The first-order valence-corrected chi connectivity index (χ1v) is 20.2. The van der Waals surface area contributed by atoms with Crippen LogP contribution in [0.25, 0.3) is 0 Å². The molecule has 2 amide bonds. The van der Waals surface area contributed by atoms with Gasteiger partial charge in [-0.1, -0.05) is 37.6 Å². The standard InChI is InChI=1S/C37H44F3N3O6S2/c1-4-8-33-36(49-29-21-25(2)50-23-29,16-7-18-43(33)34(45)31-22-41-17-13-32(31)37(38,39)40)35(46)42-19-14-27(15-20-42)30-10-6-5-9-26(30)11-12-28(44)24-51(3,47)48/h5-6,9-10,13,17,21-23,27,33H,4,7-8,11-12,14-16,18-20,24H2,1-3H3/t33-,36+/m1/s1. The first-order chi connectivity index (χ1) is 24.1.